The summed E-state index contributed by atoms with van der Waals surface area (Å²) >= 11 is 14.2. The van der Waals surface area contributed by atoms with Crippen LogP contribution in [0.2, 0.25) is 10.0 Å². The molecule has 29 heavy (non-hydrogen) atoms. The minimum Gasteiger partial charge on any atom is -0.291 e. The molecule has 1 aliphatic heterocycles. The fraction of sp³-hybridized carbons (Fsp3) is 0.200. The van der Waals surface area contributed by atoms with Crippen LogP contribution in [0, 0.1) is 0 Å². The van der Waals surface area contributed by atoms with Gasteiger partial charge in [-0.05, 0) is 34.7 Å². The second-order valence-corrected chi connectivity index (χ2v) is 8.45. The fourth-order valence-corrected chi connectivity index (χ4v) is 4.50. The number of nitrogens with zero attached hydrogens (tertiary/aromatic N) is 3. The molecule has 0 saturated carbocycles. The van der Waals surface area contributed by atoms with E-state index in [0.717, 1.165) is 5.75 Å². The Hall–Kier alpha value is -2.35. The number of carbonyl (C=O) groups is 1. The molecule has 9 heteroatoms. The Morgan fingerprint density at radius 3 is 2.72 bits per heavy atom. The van der Waals surface area contributed by atoms with Gasteiger partial charge in [0.1, 0.15) is 0 Å². The largest absolute Gasteiger partial charge is 0.325 e. The molecule has 0 spiro atoms. The van der Waals surface area contributed by atoms with E-state index in [0.29, 0.717) is 37.7 Å². The van der Waals surface area contributed by atoms with Gasteiger partial charge in [0.05, 0.1) is 26.9 Å². The molecule has 0 aliphatic carbocycles. The van der Waals surface area contributed by atoms with E-state index in [-0.39, 0.29) is 11.5 Å². The first-order valence-corrected chi connectivity index (χ1v) is 10.7. The number of anilines is 1. The number of benzene rings is 2. The van der Waals surface area contributed by atoms with Gasteiger partial charge in [-0.2, -0.15) is 0 Å². The molecule has 1 aromatic heterocycles. The Morgan fingerprint density at radius 2 is 2.00 bits per heavy atom. The molecular formula is C20H17Cl2N4O2S+. The highest BCUT2D eigenvalue weighted by Gasteiger charge is 2.45. The van der Waals surface area contributed by atoms with E-state index in [1.165, 1.54) is 18.7 Å². The van der Waals surface area contributed by atoms with Crippen LogP contribution in [-0.4, -0.2) is 21.7 Å². The lowest BCUT2D eigenvalue weighted by Crippen LogP contribution is -2.60. The number of aromatic nitrogens is 3. The number of hydrogen-bond acceptors (Lipinski definition) is 4. The molecule has 2 heterocycles. The van der Waals surface area contributed by atoms with Crippen molar-refractivity contribution in [3.8, 4) is 11.3 Å². The Balaban J connectivity index is 2.11. The second kappa shape index (κ2) is 7.82. The zero-order chi connectivity index (χ0) is 20.7. The normalized spacial score (nSPS) is 15.0. The van der Waals surface area contributed by atoms with E-state index in [1.54, 1.807) is 39.9 Å². The van der Waals surface area contributed by atoms with Crippen LogP contribution >= 0.6 is 35.0 Å². The summed E-state index contributed by atoms with van der Waals surface area (Å²) < 4.78 is 1.57. The van der Waals surface area contributed by atoms with Gasteiger partial charge in [0.25, 0.3) is 6.17 Å². The molecule has 3 aromatic rings. The summed E-state index contributed by atoms with van der Waals surface area (Å²) in [6, 6.07) is 12.5. The quantitative estimate of drug-likeness (QED) is 0.485. The number of para-hydroxylation sites is 1. The number of hydrogen-bond donors (Lipinski definition) is 1. The van der Waals surface area contributed by atoms with Crippen LogP contribution in [0.25, 0.3) is 11.3 Å². The predicted octanol–water partition coefficient (Wildman–Crippen LogP) is 4.06. The molecule has 2 aromatic carbocycles. The molecule has 1 unspecified atom stereocenters. The van der Waals surface area contributed by atoms with Gasteiger partial charge in [-0.15, -0.1) is 0 Å². The molecule has 0 fully saturated rings. The number of halogens is 2. The van der Waals surface area contributed by atoms with Crippen LogP contribution in [0.1, 0.15) is 25.6 Å². The fourth-order valence-electron chi connectivity index (χ4n) is 3.52. The highest BCUT2D eigenvalue weighted by molar-refractivity contribution is 7.99. The van der Waals surface area contributed by atoms with Gasteiger partial charge in [0.2, 0.25) is 11.1 Å². The van der Waals surface area contributed by atoms with Crippen LogP contribution in [0.5, 0.6) is 0 Å². The Bertz CT molecular complexity index is 1180. The van der Waals surface area contributed by atoms with Gasteiger partial charge in [-0.1, -0.05) is 60.1 Å². The molecule has 1 atom stereocenters. The minimum atomic E-state index is -0.748. The lowest BCUT2D eigenvalue weighted by Gasteiger charge is -2.31. The lowest BCUT2D eigenvalue weighted by atomic mass is 10.0. The molecule has 0 bridgehead atoms. The van der Waals surface area contributed by atoms with Crippen LogP contribution in [0.4, 0.5) is 5.69 Å². The summed E-state index contributed by atoms with van der Waals surface area (Å²) in [4.78, 5) is 30.2. The van der Waals surface area contributed by atoms with Gasteiger partial charge in [-0.3, -0.25) is 14.6 Å². The Morgan fingerprint density at radius 1 is 1.24 bits per heavy atom. The van der Waals surface area contributed by atoms with E-state index >= 15 is 0 Å². The van der Waals surface area contributed by atoms with Crippen molar-refractivity contribution in [3.63, 3.8) is 0 Å². The van der Waals surface area contributed by atoms with Gasteiger partial charge in [0, 0.05) is 12.0 Å². The Kier molecular flexibility index (Phi) is 5.38. The zero-order valence-corrected chi connectivity index (χ0v) is 18.0. The summed E-state index contributed by atoms with van der Waals surface area (Å²) in [6.45, 7) is 3.44. The third kappa shape index (κ3) is 3.33. The monoisotopic (exact) mass is 447 g/mol. The first-order chi connectivity index (χ1) is 13.9. The SMILES string of the molecule is CCSc1n[n+]2c(c(=O)[nH]1)-c1ccccc1N(C(C)=O)C2c1cccc(Cl)c1Cl. The van der Waals surface area contributed by atoms with Gasteiger partial charge < -0.3 is 0 Å². The van der Waals surface area contributed by atoms with Crippen molar-refractivity contribution in [2.45, 2.75) is 25.2 Å². The van der Waals surface area contributed by atoms with Crippen molar-refractivity contribution in [2.24, 2.45) is 0 Å². The lowest BCUT2D eigenvalue weighted by molar-refractivity contribution is -0.763. The summed E-state index contributed by atoms with van der Waals surface area (Å²) in [5.41, 5.74) is 1.90. The molecular weight excluding hydrogens is 431 g/mol. The summed E-state index contributed by atoms with van der Waals surface area (Å²) in [7, 11) is 0. The first-order valence-electron chi connectivity index (χ1n) is 8.96. The van der Waals surface area contributed by atoms with Crippen molar-refractivity contribution >= 4 is 46.6 Å². The van der Waals surface area contributed by atoms with Crippen LogP contribution in [-0.2, 0) is 4.79 Å². The first kappa shape index (κ1) is 19.9. The second-order valence-electron chi connectivity index (χ2n) is 6.41. The third-order valence-electron chi connectivity index (χ3n) is 4.64. The maximum Gasteiger partial charge on any atom is 0.325 e. The van der Waals surface area contributed by atoms with Crippen molar-refractivity contribution in [3.05, 3.63) is 68.4 Å². The molecule has 0 saturated heterocycles. The van der Waals surface area contributed by atoms with Crippen LogP contribution in [0.3, 0.4) is 0 Å². The summed E-state index contributed by atoms with van der Waals surface area (Å²) in [6.07, 6.45) is -0.748. The van der Waals surface area contributed by atoms with E-state index < -0.39 is 6.17 Å². The predicted molar refractivity (Wildman–Crippen MR) is 115 cm³/mol. The minimum absolute atomic E-state index is 0.205. The molecule has 6 nitrogen and oxygen atoms in total. The number of amides is 1. The summed E-state index contributed by atoms with van der Waals surface area (Å²) in [5, 5.41) is 5.79. The smallest absolute Gasteiger partial charge is 0.291 e. The van der Waals surface area contributed by atoms with Gasteiger partial charge >= 0.3 is 11.3 Å². The van der Waals surface area contributed by atoms with Gasteiger partial charge in [-0.25, -0.2) is 4.90 Å². The van der Waals surface area contributed by atoms with E-state index in [4.69, 9.17) is 23.2 Å². The van der Waals surface area contributed by atoms with E-state index in [1.807, 2.05) is 19.1 Å². The number of fused-ring (bicyclic) bond motifs is 3. The molecule has 1 amide bonds. The topological polar surface area (TPSA) is 69.9 Å². The number of nitrogens with one attached hydrogen (secondary N) is 1. The van der Waals surface area contributed by atoms with Crippen molar-refractivity contribution in [1.29, 1.82) is 0 Å². The van der Waals surface area contributed by atoms with Crippen LogP contribution in [0.15, 0.2) is 52.4 Å². The number of H-pyrrole nitrogens is 1. The number of rotatable bonds is 3. The average Bonchev–Trinajstić information content (AvgIpc) is 2.69. The van der Waals surface area contributed by atoms with Crippen molar-refractivity contribution in [1.82, 2.24) is 10.1 Å². The van der Waals surface area contributed by atoms with E-state index in [2.05, 4.69) is 10.1 Å². The highest BCUT2D eigenvalue weighted by Crippen LogP contribution is 2.40. The molecule has 1 aliphatic rings. The number of thioether (sulfide) groups is 1. The van der Waals surface area contributed by atoms with Gasteiger partial charge in [0.15, 0.2) is 0 Å². The molecule has 148 valence electrons. The summed E-state index contributed by atoms with van der Waals surface area (Å²) in [5.74, 6) is 0.529. The Labute approximate surface area is 181 Å². The zero-order valence-electron chi connectivity index (χ0n) is 15.6. The molecule has 0 radical (unpaired) electrons. The maximum absolute atomic E-state index is 13.0. The average molecular weight is 448 g/mol. The molecule has 4 rings (SSSR count). The van der Waals surface area contributed by atoms with E-state index in [9.17, 15) is 9.59 Å². The maximum atomic E-state index is 13.0. The van der Waals surface area contributed by atoms with Crippen molar-refractivity contribution in [2.75, 3.05) is 10.7 Å². The highest BCUT2D eigenvalue weighted by atomic mass is 35.5. The van der Waals surface area contributed by atoms with Crippen molar-refractivity contribution < 1.29 is 9.48 Å². The standard InChI is InChI=1S/C20H16Cl2N4O2S/c1-3-29-20-23-18(28)17-12-7-4-5-10-15(12)25(11(2)27)19(26(17)24-20)13-8-6-9-14(21)16(13)22/h4-10,19H,3H2,1-2H3/p+1. The van der Waals surface area contributed by atoms with Crippen LogP contribution < -0.4 is 15.1 Å². The number of aromatic amines is 1. The molecule has 1 N–H and O–H groups in total. The number of carbonyl (C=O) groups excluding carboxylic acids is 1. The third-order valence-corrected chi connectivity index (χ3v) is 6.22.